The van der Waals surface area contributed by atoms with Crippen LogP contribution < -0.4 is 14.9 Å². The van der Waals surface area contributed by atoms with Gasteiger partial charge in [-0.05, 0) is 18.4 Å². The fourth-order valence-corrected chi connectivity index (χ4v) is 4.74. The van der Waals surface area contributed by atoms with Gasteiger partial charge in [-0.15, -0.1) is 0 Å². The summed E-state index contributed by atoms with van der Waals surface area (Å²) in [6, 6.07) is 14.6. The summed E-state index contributed by atoms with van der Waals surface area (Å²) in [6.07, 6.45) is 0. The molecule has 30 heavy (non-hydrogen) atoms. The molecule has 2 N–H and O–H groups in total. The molecule has 1 saturated heterocycles. The number of nitrogens with one attached hydrogen (secondary N) is 2. The molecule has 0 aliphatic carbocycles. The molecule has 1 fully saturated rings. The van der Waals surface area contributed by atoms with E-state index in [4.69, 9.17) is 4.74 Å². The molecule has 1 aromatic heterocycles. The van der Waals surface area contributed by atoms with Crippen LogP contribution in [0.4, 0.5) is 11.6 Å². The van der Waals surface area contributed by atoms with Crippen LogP contribution in [-0.2, 0) is 14.8 Å². The highest BCUT2D eigenvalue weighted by Crippen LogP contribution is 2.22. The van der Waals surface area contributed by atoms with E-state index in [1.807, 2.05) is 43.3 Å². The molecule has 3 aromatic rings. The van der Waals surface area contributed by atoms with E-state index in [9.17, 15) is 8.42 Å². The summed E-state index contributed by atoms with van der Waals surface area (Å²) < 4.78 is 33.6. The molecule has 0 radical (unpaired) electrons. The molecule has 1 aliphatic heterocycles. The van der Waals surface area contributed by atoms with Crippen LogP contribution in [0.5, 0.6) is 0 Å². The zero-order valence-corrected chi connectivity index (χ0v) is 17.7. The molecule has 0 saturated carbocycles. The van der Waals surface area contributed by atoms with Crippen LogP contribution >= 0.6 is 0 Å². The second kappa shape index (κ2) is 8.95. The first-order valence-corrected chi connectivity index (χ1v) is 11.4. The normalized spacial score (nSPS) is 14.8. The molecular formula is C21H25N5O3S. The zero-order valence-electron chi connectivity index (χ0n) is 16.8. The van der Waals surface area contributed by atoms with Gasteiger partial charge >= 0.3 is 0 Å². The van der Waals surface area contributed by atoms with Crippen LogP contribution in [0.3, 0.4) is 0 Å². The van der Waals surface area contributed by atoms with Gasteiger partial charge in [-0.3, -0.25) is 0 Å². The number of hydrogen-bond donors (Lipinski definition) is 2. The van der Waals surface area contributed by atoms with Crippen LogP contribution in [0.15, 0.2) is 53.4 Å². The largest absolute Gasteiger partial charge is 0.378 e. The van der Waals surface area contributed by atoms with Crippen molar-refractivity contribution in [1.29, 1.82) is 0 Å². The summed E-state index contributed by atoms with van der Waals surface area (Å²) in [4.78, 5) is 11.4. The quantitative estimate of drug-likeness (QED) is 0.558. The first kappa shape index (κ1) is 20.5. The molecule has 0 spiro atoms. The van der Waals surface area contributed by atoms with Gasteiger partial charge in [0.25, 0.3) is 0 Å². The van der Waals surface area contributed by atoms with Gasteiger partial charge in [0.1, 0.15) is 17.5 Å². The van der Waals surface area contributed by atoms with Crippen molar-refractivity contribution in [3.05, 3.63) is 54.4 Å². The summed E-state index contributed by atoms with van der Waals surface area (Å²) in [5.74, 6) is 2.19. The number of morpholine rings is 1. The number of rotatable bonds is 7. The van der Waals surface area contributed by atoms with Gasteiger partial charge < -0.3 is 15.0 Å². The minimum absolute atomic E-state index is 0.238. The lowest BCUT2D eigenvalue weighted by atomic mass is 10.1. The third kappa shape index (κ3) is 4.69. The molecular weight excluding hydrogens is 402 g/mol. The van der Waals surface area contributed by atoms with Gasteiger partial charge in [-0.2, -0.15) is 0 Å². The van der Waals surface area contributed by atoms with Crippen molar-refractivity contribution in [2.24, 2.45) is 0 Å². The Morgan fingerprint density at radius 3 is 2.63 bits per heavy atom. The van der Waals surface area contributed by atoms with Crippen LogP contribution in [-0.4, -0.2) is 57.8 Å². The molecule has 0 unspecified atom stereocenters. The average Bonchev–Trinajstić information content (AvgIpc) is 2.76. The molecule has 1 aliphatic rings. The molecule has 0 atom stereocenters. The number of fused-ring (bicyclic) bond motifs is 1. The minimum atomic E-state index is -3.62. The Morgan fingerprint density at radius 1 is 1.03 bits per heavy atom. The monoisotopic (exact) mass is 427 g/mol. The molecule has 4 rings (SSSR count). The van der Waals surface area contributed by atoms with E-state index in [2.05, 4.69) is 24.9 Å². The van der Waals surface area contributed by atoms with Crippen molar-refractivity contribution < 1.29 is 13.2 Å². The maximum absolute atomic E-state index is 12.8. The Balaban J connectivity index is 1.39. The van der Waals surface area contributed by atoms with Gasteiger partial charge in [0.2, 0.25) is 10.0 Å². The van der Waals surface area contributed by atoms with Crippen LogP contribution in [0.25, 0.3) is 10.8 Å². The molecule has 0 amide bonds. The Bertz CT molecular complexity index is 1130. The number of ether oxygens (including phenoxy) is 1. The lowest BCUT2D eigenvalue weighted by Crippen LogP contribution is -2.37. The van der Waals surface area contributed by atoms with E-state index in [1.54, 1.807) is 12.1 Å². The molecule has 158 valence electrons. The van der Waals surface area contributed by atoms with Gasteiger partial charge in [0.05, 0.1) is 18.1 Å². The van der Waals surface area contributed by atoms with Crippen molar-refractivity contribution in [2.75, 3.05) is 49.6 Å². The van der Waals surface area contributed by atoms with Crippen LogP contribution in [0.1, 0.15) is 5.82 Å². The van der Waals surface area contributed by atoms with Gasteiger partial charge in [0.15, 0.2) is 0 Å². The Labute approximate surface area is 176 Å². The second-order valence-corrected chi connectivity index (χ2v) is 8.80. The number of sulfonamides is 1. The molecule has 9 heteroatoms. The highest BCUT2D eigenvalue weighted by atomic mass is 32.2. The van der Waals surface area contributed by atoms with E-state index in [0.29, 0.717) is 36.8 Å². The fourth-order valence-electron chi connectivity index (χ4n) is 3.48. The minimum Gasteiger partial charge on any atom is -0.378 e. The predicted octanol–water partition coefficient (Wildman–Crippen LogP) is 2.17. The van der Waals surface area contributed by atoms with Crippen molar-refractivity contribution in [2.45, 2.75) is 11.8 Å². The number of aryl methyl sites for hydroxylation is 1. The Kier molecular flexibility index (Phi) is 6.12. The summed E-state index contributed by atoms with van der Waals surface area (Å²) in [7, 11) is -3.62. The van der Waals surface area contributed by atoms with Gasteiger partial charge in [-0.1, -0.05) is 36.4 Å². The molecule has 8 nitrogen and oxygen atoms in total. The fraction of sp³-hybridized carbons (Fsp3) is 0.333. The molecule has 2 heterocycles. The lowest BCUT2D eigenvalue weighted by Gasteiger charge is -2.28. The van der Waals surface area contributed by atoms with E-state index in [-0.39, 0.29) is 11.4 Å². The summed E-state index contributed by atoms with van der Waals surface area (Å²) >= 11 is 0. The van der Waals surface area contributed by atoms with Crippen molar-refractivity contribution in [1.82, 2.24) is 14.7 Å². The van der Waals surface area contributed by atoms with E-state index in [0.717, 1.165) is 24.3 Å². The average molecular weight is 428 g/mol. The predicted molar refractivity (Wildman–Crippen MR) is 117 cm³/mol. The summed E-state index contributed by atoms with van der Waals surface area (Å²) in [6.45, 7) is 5.44. The summed E-state index contributed by atoms with van der Waals surface area (Å²) in [5.41, 5.74) is 0. The second-order valence-electron chi connectivity index (χ2n) is 7.06. The highest BCUT2D eigenvalue weighted by Gasteiger charge is 2.17. The maximum Gasteiger partial charge on any atom is 0.241 e. The van der Waals surface area contributed by atoms with Gasteiger partial charge in [-0.25, -0.2) is 23.1 Å². The van der Waals surface area contributed by atoms with E-state index in [1.165, 1.54) is 0 Å². The Hall–Kier alpha value is -2.75. The van der Waals surface area contributed by atoms with Crippen molar-refractivity contribution in [3.8, 4) is 0 Å². The number of nitrogens with zero attached hydrogens (tertiary/aromatic N) is 3. The molecule has 2 aromatic carbocycles. The summed E-state index contributed by atoms with van der Waals surface area (Å²) in [5, 5.41) is 4.79. The smallest absolute Gasteiger partial charge is 0.241 e. The number of benzene rings is 2. The molecule has 0 bridgehead atoms. The highest BCUT2D eigenvalue weighted by molar-refractivity contribution is 7.89. The number of hydrogen-bond acceptors (Lipinski definition) is 7. The van der Waals surface area contributed by atoms with Gasteiger partial charge in [0, 0.05) is 37.6 Å². The lowest BCUT2D eigenvalue weighted by molar-refractivity contribution is 0.122. The topological polar surface area (TPSA) is 96.5 Å². The van der Waals surface area contributed by atoms with Crippen LogP contribution in [0, 0.1) is 6.92 Å². The first-order valence-electron chi connectivity index (χ1n) is 9.93. The number of anilines is 2. The zero-order chi connectivity index (χ0) is 21.0. The Morgan fingerprint density at radius 2 is 1.80 bits per heavy atom. The SMILES string of the molecule is Cc1nc(NCCNS(=O)(=O)c2cccc3ccccc23)cc(N2CCOCC2)n1. The third-order valence-corrected chi connectivity index (χ3v) is 6.44. The number of aromatic nitrogens is 2. The van der Waals surface area contributed by atoms with E-state index < -0.39 is 10.0 Å². The standard InChI is InChI=1S/C21H25N5O3S/c1-16-24-20(15-21(25-16)26-11-13-29-14-12-26)22-9-10-23-30(27,28)19-8-4-6-17-5-2-3-7-18(17)19/h2-8,15,23H,9-14H2,1H3,(H,22,24,25). The maximum atomic E-state index is 12.8. The van der Waals surface area contributed by atoms with E-state index >= 15 is 0 Å². The van der Waals surface area contributed by atoms with Crippen molar-refractivity contribution in [3.63, 3.8) is 0 Å². The first-order chi connectivity index (χ1) is 14.5. The van der Waals surface area contributed by atoms with Crippen LogP contribution in [0.2, 0.25) is 0 Å². The van der Waals surface area contributed by atoms with Crippen molar-refractivity contribution >= 4 is 32.4 Å². The third-order valence-electron chi connectivity index (χ3n) is 4.92.